The van der Waals surface area contributed by atoms with Crippen LogP contribution in [0.1, 0.15) is 26.3 Å². The molecule has 0 aromatic carbocycles. The molecule has 2 heterocycles. The van der Waals surface area contributed by atoms with Gasteiger partial charge in [0.2, 0.25) is 0 Å². The maximum absolute atomic E-state index is 11.7. The van der Waals surface area contributed by atoms with E-state index in [9.17, 15) is 9.90 Å². The number of carbonyl (C=O) groups excluding carboxylic acids is 1. The topological polar surface area (TPSA) is 62.7 Å². The average molecular weight is 236 g/mol. The molecule has 1 amide bonds. The first-order chi connectivity index (χ1) is 7.84. The second-order valence-electron chi connectivity index (χ2n) is 4.85. The molecule has 92 valence electrons. The van der Waals surface area contributed by atoms with Crippen molar-refractivity contribution in [3.05, 3.63) is 30.1 Å². The van der Waals surface area contributed by atoms with Gasteiger partial charge in [-0.05, 0) is 32.4 Å². The van der Waals surface area contributed by atoms with Gasteiger partial charge >= 0.3 is 6.09 Å². The number of hydrogen-bond donors (Lipinski definition) is 1. The molecular formula is C12H16N2O3. The van der Waals surface area contributed by atoms with Crippen LogP contribution in [0.4, 0.5) is 4.79 Å². The summed E-state index contributed by atoms with van der Waals surface area (Å²) < 4.78 is 5.17. The van der Waals surface area contributed by atoms with Gasteiger partial charge in [0, 0.05) is 12.4 Å². The van der Waals surface area contributed by atoms with Gasteiger partial charge in [0.05, 0.1) is 6.54 Å². The van der Waals surface area contributed by atoms with E-state index in [2.05, 4.69) is 4.98 Å². The van der Waals surface area contributed by atoms with Gasteiger partial charge in [0.15, 0.2) is 11.3 Å². The summed E-state index contributed by atoms with van der Waals surface area (Å²) in [5, 5.41) is 10.4. The van der Waals surface area contributed by atoms with Gasteiger partial charge in [0.1, 0.15) is 0 Å². The lowest BCUT2D eigenvalue weighted by Gasteiger charge is -2.34. The molecule has 17 heavy (non-hydrogen) atoms. The van der Waals surface area contributed by atoms with Crippen LogP contribution in [0.15, 0.2) is 24.5 Å². The minimum absolute atomic E-state index is 0.281. The summed E-state index contributed by atoms with van der Waals surface area (Å²) in [5.41, 5.74) is -1.41. The lowest BCUT2D eigenvalue weighted by molar-refractivity contribution is -0.129. The van der Waals surface area contributed by atoms with Crippen LogP contribution in [-0.4, -0.2) is 32.4 Å². The SMILES string of the molecule is CC1(C)OC(=O)N(Cc2cccnc2)[C@@]1(C)O. The molecule has 1 fully saturated rings. The van der Waals surface area contributed by atoms with Crippen LogP contribution in [0.2, 0.25) is 0 Å². The minimum Gasteiger partial charge on any atom is -0.438 e. The molecular weight excluding hydrogens is 220 g/mol. The second-order valence-corrected chi connectivity index (χ2v) is 4.85. The summed E-state index contributed by atoms with van der Waals surface area (Å²) in [6, 6.07) is 3.64. The fourth-order valence-electron chi connectivity index (χ4n) is 1.77. The van der Waals surface area contributed by atoms with E-state index >= 15 is 0 Å². The van der Waals surface area contributed by atoms with Gasteiger partial charge in [-0.3, -0.25) is 9.88 Å². The quantitative estimate of drug-likeness (QED) is 0.845. The highest BCUT2D eigenvalue weighted by atomic mass is 16.6. The van der Waals surface area contributed by atoms with Crippen molar-refractivity contribution in [3.63, 3.8) is 0 Å². The van der Waals surface area contributed by atoms with Crippen LogP contribution in [0, 0.1) is 0 Å². The van der Waals surface area contributed by atoms with E-state index in [0.717, 1.165) is 5.56 Å². The molecule has 1 aromatic rings. The fourth-order valence-corrected chi connectivity index (χ4v) is 1.77. The van der Waals surface area contributed by atoms with E-state index in [1.807, 2.05) is 6.07 Å². The van der Waals surface area contributed by atoms with Gasteiger partial charge in [-0.2, -0.15) is 0 Å². The van der Waals surface area contributed by atoms with E-state index in [4.69, 9.17) is 4.74 Å². The molecule has 2 rings (SSSR count). The Kier molecular flexibility index (Phi) is 2.58. The average Bonchev–Trinajstić information content (AvgIpc) is 2.39. The van der Waals surface area contributed by atoms with Gasteiger partial charge in [0.25, 0.3) is 0 Å². The number of cyclic esters (lactones) is 1. The number of carbonyl (C=O) groups is 1. The van der Waals surface area contributed by atoms with Crippen LogP contribution in [0.25, 0.3) is 0 Å². The maximum atomic E-state index is 11.7. The Balaban J connectivity index is 2.25. The van der Waals surface area contributed by atoms with Crippen molar-refractivity contribution in [3.8, 4) is 0 Å². The van der Waals surface area contributed by atoms with E-state index in [0.29, 0.717) is 0 Å². The van der Waals surface area contributed by atoms with E-state index in [1.54, 1.807) is 39.2 Å². The first kappa shape index (κ1) is 11.9. The summed E-state index contributed by atoms with van der Waals surface area (Å²) in [6.07, 6.45) is 2.81. The summed E-state index contributed by atoms with van der Waals surface area (Å²) >= 11 is 0. The number of aromatic nitrogens is 1. The molecule has 1 aliphatic rings. The summed E-state index contributed by atoms with van der Waals surface area (Å²) in [5.74, 6) is 0. The first-order valence-corrected chi connectivity index (χ1v) is 5.46. The predicted octanol–water partition coefficient (Wildman–Crippen LogP) is 1.52. The number of hydrogen-bond acceptors (Lipinski definition) is 4. The third-order valence-corrected chi connectivity index (χ3v) is 3.29. The van der Waals surface area contributed by atoms with Gasteiger partial charge in [-0.25, -0.2) is 4.79 Å². The number of rotatable bonds is 2. The van der Waals surface area contributed by atoms with Crippen molar-refractivity contribution >= 4 is 6.09 Å². The molecule has 0 spiro atoms. The molecule has 0 aliphatic carbocycles. The molecule has 5 nitrogen and oxygen atoms in total. The smallest absolute Gasteiger partial charge is 0.413 e. The molecule has 1 atom stereocenters. The third-order valence-electron chi connectivity index (χ3n) is 3.29. The summed E-state index contributed by atoms with van der Waals surface area (Å²) in [4.78, 5) is 17.0. The van der Waals surface area contributed by atoms with Crippen LogP contribution in [0.3, 0.4) is 0 Å². The lowest BCUT2D eigenvalue weighted by atomic mass is 9.96. The maximum Gasteiger partial charge on any atom is 0.413 e. The molecule has 5 heteroatoms. The Morgan fingerprint density at radius 2 is 2.18 bits per heavy atom. The molecule has 1 saturated heterocycles. The van der Waals surface area contributed by atoms with E-state index in [1.165, 1.54) is 4.90 Å². The van der Waals surface area contributed by atoms with Gasteiger partial charge in [-0.15, -0.1) is 0 Å². The zero-order chi connectivity index (χ0) is 12.7. The number of ether oxygens (including phenoxy) is 1. The predicted molar refractivity (Wildman–Crippen MR) is 61.0 cm³/mol. The standard InChI is InChI=1S/C12H16N2O3/c1-11(2)12(3,16)14(10(15)17-11)8-9-5-4-6-13-7-9/h4-7,16H,8H2,1-3H3/t12-/m0/s1. The number of amides is 1. The molecule has 1 N–H and O–H groups in total. The first-order valence-electron chi connectivity index (χ1n) is 5.46. The monoisotopic (exact) mass is 236 g/mol. The summed E-state index contributed by atoms with van der Waals surface area (Å²) in [6.45, 7) is 5.24. The van der Waals surface area contributed by atoms with Crippen LogP contribution >= 0.6 is 0 Å². The Hall–Kier alpha value is -1.62. The van der Waals surface area contributed by atoms with Crippen molar-refractivity contribution in [1.29, 1.82) is 0 Å². The molecule has 0 bridgehead atoms. The Bertz CT molecular complexity index is 429. The molecule has 0 unspecified atom stereocenters. The van der Waals surface area contributed by atoms with E-state index < -0.39 is 17.4 Å². The van der Waals surface area contributed by atoms with Crippen molar-refractivity contribution < 1.29 is 14.6 Å². The number of nitrogens with zero attached hydrogens (tertiary/aromatic N) is 2. The van der Waals surface area contributed by atoms with E-state index in [-0.39, 0.29) is 6.54 Å². The Morgan fingerprint density at radius 3 is 2.65 bits per heavy atom. The highest BCUT2D eigenvalue weighted by Crippen LogP contribution is 2.37. The van der Waals surface area contributed by atoms with Gasteiger partial charge in [-0.1, -0.05) is 6.07 Å². The van der Waals surface area contributed by atoms with Crippen molar-refractivity contribution in [2.24, 2.45) is 0 Å². The highest BCUT2D eigenvalue weighted by Gasteiger charge is 2.56. The lowest BCUT2D eigenvalue weighted by Crippen LogP contribution is -2.53. The highest BCUT2D eigenvalue weighted by molar-refractivity contribution is 5.72. The number of pyridine rings is 1. The Morgan fingerprint density at radius 1 is 1.47 bits per heavy atom. The summed E-state index contributed by atoms with van der Waals surface area (Å²) in [7, 11) is 0. The minimum atomic E-state index is -1.33. The zero-order valence-corrected chi connectivity index (χ0v) is 10.2. The molecule has 0 radical (unpaired) electrons. The largest absolute Gasteiger partial charge is 0.438 e. The molecule has 1 aromatic heterocycles. The molecule has 0 saturated carbocycles. The number of aliphatic hydroxyl groups is 1. The van der Waals surface area contributed by atoms with Crippen LogP contribution < -0.4 is 0 Å². The van der Waals surface area contributed by atoms with Crippen molar-refractivity contribution in [2.45, 2.75) is 38.6 Å². The van der Waals surface area contributed by atoms with Gasteiger partial charge < -0.3 is 9.84 Å². The van der Waals surface area contributed by atoms with Crippen LogP contribution in [0.5, 0.6) is 0 Å². The Labute approximate surface area is 100 Å². The second kappa shape index (κ2) is 3.70. The molecule has 1 aliphatic heterocycles. The zero-order valence-electron chi connectivity index (χ0n) is 10.2. The van der Waals surface area contributed by atoms with Crippen molar-refractivity contribution in [1.82, 2.24) is 9.88 Å². The third kappa shape index (κ3) is 1.86. The fraction of sp³-hybridized carbons (Fsp3) is 0.500. The van der Waals surface area contributed by atoms with Crippen molar-refractivity contribution in [2.75, 3.05) is 0 Å². The van der Waals surface area contributed by atoms with Crippen LogP contribution in [-0.2, 0) is 11.3 Å². The normalized spacial score (nSPS) is 27.1.